The molecule has 0 radical (unpaired) electrons. The van der Waals surface area contributed by atoms with Gasteiger partial charge in [-0.25, -0.2) is 0 Å². The van der Waals surface area contributed by atoms with Crippen LogP contribution < -0.4 is 0 Å². The van der Waals surface area contributed by atoms with Crippen LogP contribution in [0.4, 0.5) is 0 Å². The van der Waals surface area contributed by atoms with Gasteiger partial charge in [0.15, 0.2) is 0 Å². The Balaban J connectivity index is 2.00. The van der Waals surface area contributed by atoms with Crippen molar-refractivity contribution in [2.75, 3.05) is 0 Å². The molecule has 0 amide bonds. The zero-order valence-electron chi connectivity index (χ0n) is 6.27. The van der Waals surface area contributed by atoms with E-state index in [-0.39, 0.29) is 18.1 Å². The lowest BCUT2D eigenvalue weighted by Gasteiger charge is -2.23. The van der Waals surface area contributed by atoms with Crippen LogP contribution in [-0.2, 0) is 9.53 Å². The maximum atomic E-state index is 10.0. The standard InChI is InChI=1S/C8H12O3/c9-4-11-8-3-5-1-6(8)7(10)2-5/h4-8,10H,1-3H2. The number of rotatable bonds is 2. The molecule has 62 valence electrons. The van der Waals surface area contributed by atoms with Gasteiger partial charge in [0, 0.05) is 5.92 Å². The van der Waals surface area contributed by atoms with Gasteiger partial charge in [-0.1, -0.05) is 0 Å². The van der Waals surface area contributed by atoms with E-state index in [2.05, 4.69) is 0 Å². The fraction of sp³-hybridized carbons (Fsp3) is 0.875. The van der Waals surface area contributed by atoms with Crippen LogP contribution >= 0.6 is 0 Å². The van der Waals surface area contributed by atoms with Gasteiger partial charge in [0.1, 0.15) is 6.10 Å². The minimum absolute atomic E-state index is 0.00116. The second-order valence-corrected chi connectivity index (χ2v) is 3.58. The second kappa shape index (κ2) is 2.48. The van der Waals surface area contributed by atoms with E-state index in [1.54, 1.807) is 0 Å². The Morgan fingerprint density at radius 3 is 2.73 bits per heavy atom. The van der Waals surface area contributed by atoms with E-state index in [0.29, 0.717) is 12.4 Å². The summed E-state index contributed by atoms with van der Waals surface area (Å²) in [6.07, 6.45) is 2.68. The average molecular weight is 156 g/mol. The molecule has 4 atom stereocenters. The Bertz CT molecular complexity index is 169. The van der Waals surface area contributed by atoms with Crippen LogP contribution in [0, 0.1) is 11.8 Å². The van der Waals surface area contributed by atoms with Crippen LogP contribution in [0.2, 0.25) is 0 Å². The van der Waals surface area contributed by atoms with E-state index in [4.69, 9.17) is 4.74 Å². The van der Waals surface area contributed by atoms with Crippen LogP contribution in [0.3, 0.4) is 0 Å². The molecule has 0 aromatic heterocycles. The summed E-state index contributed by atoms with van der Waals surface area (Å²) in [7, 11) is 0. The van der Waals surface area contributed by atoms with Gasteiger partial charge in [0.25, 0.3) is 6.47 Å². The molecule has 0 aliphatic heterocycles. The first-order chi connectivity index (χ1) is 5.31. The molecular weight excluding hydrogens is 144 g/mol. The van der Waals surface area contributed by atoms with E-state index in [9.17, 15) is 9.90 Å². The lowest BCUT2D eigenvalue weighted by atomic mass is 9.95. The van der Waals surface area contributed by atoms with E-state index >= 15 is 0 Å². The molecule has 2 bridgehead atoms. The van der Waals surface area contributed by atoms with E-state index in [0.717, 1.165) is 19.3 Å². The highest BCUT2D eigenvalue weighted by molar-refractivity contribution is 5.37. The number of fused-ring (bicyclic) bond motifs is 2. The van der Waals surface area contributed by atoms with Gasteiger partial charge in [-0.3, -0.25) is 4.79 Å². The SMILES string of the molecule is O=COC1CC2CC(O)C1C2. The van der Waals surface area contributed by atoms with Gasteiger partial charge in [-0.05, 0) is 25.2 Å². The Morgan fingerprint density at radius 2 is 2.18 bits per heavy atom. The van der Waals surface area contributed by atoms with Crippen molar-refractivity contribution in [3.05, 3.63) is 0 Å². The minimum atomic E-state index is -0.223. The molecule has 0 heterocycles. The van der Waals surface area contributed by atoms with E-state index in [1.807, 2.05) is 0 Å². The molecule has 0 aromatic rings. The number of aliphatic hydroxyl groups excluding tert-OH is 1. The number of aliphatic hydroxyl groups is 1. The minimum Gasteiger partial charge on any atom is -0.464 e. The lowest BCUT2D eigenvalue weighted by Crippen LogP contribution is -2.30. The van der Waals surface area contributed by atoms with Crippen molar-refractivity contribution in [2.45, 2.75) is 31.5 Å². The van der Waals surface area contributed by atoms with E-state index < -0.39 is 0 Å². The molecule has 0 saturated heterocycles. The normalized spacial score (nSPS) is 47.7. The molecule has 0 spiro atoms. The van der Waals surface area contributed by atoms with Crippen molar-refractivity contribution in [1.29, 1.82) is 0 Å². The van der Waals surface area contributed by atoms with Crippen LogP contribution in [0.5, 0.6) is 0 Å². The average Bonchev–Trinajstić information content (AvgIpc) is 2.46. The first-order valence-corrected chi connectivity index (χ1v) is 4.08. The highest BCUT2D eigenvalue weighted by Crippen LogP contribution is 2.45. The summed E-state index contributed by atoms with van der Waals surface area (Å²) >= 11 is 0. The Labute approximate surface area is 65.4 Å². The van der Waals surface area contributed by atoms with Gasteiger partial charge in [0.2, 0.25) is 0 Å². The van der Waals surface area contributed by atoms with E-state index in [1.165, 1.54) is 0 Å². The van der Waals surface area contributed by atoms with Gasteiger partial charge >= 0.3 is 0 Å². The molecule has 2 fully saturated rings. The number of carbonyl (C=O) groups is 1. The van der Waals surface area contributed by atoms with Crippen molar-refractivity contribution in [3.63, 3.8) is 0 Å². The number of hydrogen-bond donors (Lipinski definition) is 1. The van der Waals surface area contributed by atoms with Crippen LogP contribution in [0.25, 0.3) is 0 Å². The van der Waals surface area contributed by atoms with Gasteiger partial charge in [-0.2, -0.15) is 0 Å². The van der Waals surface area contributed by atoms with Crippen LogP contribution in [-0.4, -0.2) is 23.8 Å². The van der Waals surface area contributed by atoms with Crippen molar-refractivity contribution < 1.29 is 14.6 Å². The summed E-state index contributed by atoms with van der Waals surface area (Å²) in [5.41, 5.74) is 0. The Hall–Kier alpha value is -0.570. The third-order valence-corrected chi connectivity index (χ3v) is 2.95. The summed E-state index contributed by atoms with van der Waals surface area (Å²) in [5.74, 6) is 0.824. The number of hydrogen-bond acceptors (Lipinski definition) is 3. The summed E-state index contributed by atoms with van der Waals surface area (Å²) < 4.78 is 4.87. The lowest BCUT2D eigenvalue weighted by molar-refractivity contribution is -0.138. The second-order valence-electron chi connectivity index (χ2n) is 3.58. The summed E-state index contributed by atoms with van der Waals surface area (Å²) in [4.78, 5) is 10.0. The van der Waals surface area contributed by atoms with Gasteiger partial charge in [0.05, 0.1) is 6.10 Å². The van der Waals surface area contributed by atoms with Crippen molar-refractivity contribution >= 4 is 6.47 Å². The molecule has 2 aliphatic carbocycles. The summed E-state index contributed by atoms with van der Waals surface area (Å²) in [5, 5.41) is 9.42. The van der Waals surface area contributed by atoms with Gasteiger partial charge < -0.3 is 9.84 Å². The highest BCUT2D eigenvalue weighted by Gasteiger charge is 2.46. The number of ether oxygens (including phenoxy) is 1. The first-order valence-electron chi connectivity index (χ1n) is 4.08. The van der Waals surface area contributed by atoms with Crippen molar-refractivity contribution in [2.24, 2.45) is 11.8 Å². The summed E-state index contributed by atoms with van der Waals surface area (Å²) in [6, 6.07) is 0. The fourth-order valence-electron chi connectivity index (χ4n) is 2.48. The molecule has 2 saturated carbocycles. The van der Waals surface area contributed by atoms with Crippen molar-refractivity contribution in [3.8, 4) is 0 Å². The molecule has 3 heteroatoms. The predicted octanol–water partition coefficient (Wildman–Crippen LogP) is 0.319. The third-order valence-electron chi connectivity index (χ3n) is 2.95. The zero-order valence-corrected chi connectivity index (χ0v) is 6.27. The van der Waals surface area contributed by atoms with Crippen LogP contribution in [0.1, 0.15) is 19.3 Å². The molecule has 1 N–H and O–H groups in total. The Kier molecular flexibility index (Phi) is 1.60. The zero-order chi connectivity index (χ0) is 7.84. The third kappa shape index (κ3) is 1.03. The Morgan fingerprint density at radius 1 is 1.36 bits per heavy atom. The molecule has 4 unspecified atom stereocenters. The first kappa shape index (κ1) is 7.10. The topological polar surface area (TPSA) is 46.5 Å². The number of carbonyl (C=O) groups excluding carboxylic acids is 1. The summed E-state index contributed by atoms with van der Waals surface area (Å²) in [6.45, 7) is 0.498. The quantitative estimate of drug-likeness (QED) is 0.585. The molecule has 2 rings (SSSR count). The van der Waals surface area contributed by atoms with Gasteiger partial charge in [-0.15, -0.1) is 0 Å². The molecular formula is C8H12O3. The molecule has 3 nitrogen and oxygen atoms in total. The van der Waals surface area contributed by atoms with Crippen molar-refractivity contribution in [1.82, 2.24) is 0 Å². The monoisotopic (exact) mass is 156 g/mol. The largest absolute Gasteiger partial charge is 0.464 e. The smallest absolute Gasteiger partial charge is 0.293 e. The fourth-order valence-corrected chi connectivity index (χ4v) is 2.48. The highest BCUT2D eigenvalue weighted by atomic mass is 16.5. The predicted molar refractivity (Wildman–Crippen MR) is 37.8 cm³/mol. The maximum absolute atomic E-state index is 10.0. The van der Waals surface area contributed by atoms with Crippen LogP contribution in [0.15, 0.2) is 0 Å². The molecule has 11 heavy (non-hydrogen) atoms. The molecule has 2 aliphatic rings. The molecule has 0 aromatic carbocycles. The maximum Gasteiger partial charge on any atom is 0.293 e.